The Kier molecular flexibility index (Phi) is 7.27. The Bertz CT molecular complexity index is 1650. The van der Waals surface area contributed by atoms with Gasteiger partial charge >= 0.3 is 0 Å². The number of nitrogens with one attached hydrogen (secondary N) is 1. The summed E-state index contributed by atoms with van der Waals surface area (Å²) in [5.74, 6) is -0.443. The first-order chi connectivity index (χ1) is 19.0. The van der Waals surface area contributed by atoms with E-state index in [1.165, 1.54) is 0 Å². The van der Waals surface area contributed by atoms with E-state index in [-0.39, 0.29) is 16.9 Å². The van der Waals surface area contributed by atoms with Gasteiger partial charge in [0, 0.05) is 17.3 Å². The van der Waals surface area contributed by atoms with E-state index in [1.54, 1.807) is 23.8 Å². The Hall–Kier alpha value is -3.98. The molecule has 1 saturated carbocycles. The molecule has 1 aliphatic rings. The molecule has 0 radical (unpaired) electrons. The van der Waals surface area contributed by atoms with Crippen LogP contribution in [0.3, 0.4) is 0 Å². The minimum absolute atomic E-state index is 0.0668. The van der Waals surface area contributed by atoms with Crippen molar-refractivity contribution in [3.05, 3.63) is 122 Å². The first-order valence-electron chi connectivity index (χ1n) is 13.0. The Morgan fingerprint density at radius 3 is 2.50 bits per heavy atom. The number of amides is 1. The molecule has 0 bridgehead atoms. The van der Waals surface area contributed by atoms with Crippen LogP contribution in [0.1, 0.15) is 59.3 Å². The third kappa shape index (κ3) is 5.25. The number of anilines is 1. The van der Waals surface area contributed by atoms with Crippen LogP contribution < -0.4 is 21.3 Å². The second-order valence-corrected chi connectivity index (χ2v) is 11.4. The van der Waals surface area contributed by atoms with Gasteiger partial charge < -0.3 is 15.8 Å². The van der Waals surface area contributed by atoms with Crippen molar-refractivity contribution in [2.75, 3.05) is 5.32 Å². The highest BCUT2D eigenvalue weighted by Crippen LogP contribution is 2.50. The van der Waals surface area contributed by atoms with E-state index in [9.17, 15) is 14.0 Å². The van der Waals surface area contributed by atoms with Gasteiger partial charge in [-0.15, -0.1) is 0 Å². The first kappa shape index (κ1) is 27.6. The van der Waals surface area contributed by atoms with E-state index in [1.807, 2.05) is 68.4 Å². The van der Waals surface area contributed by atoms with Crippen LogP contribution in [0, 0.1) is 12.7 Å². The molecule has 0 saturated heterocycles. The molecule has 0 atom stereocenters. The second kappa shape index (κ2) is 10.5. The summed E-state index contributed by atoms with van der Waals surface area (Å²) < 4.78 is 23.0. The van der Waals surface area contributed by atoms with Crippen molar-refractivity contribution in [2.24, 2.45) is 5.73 Å². The first-order valence-corrected chi connectivity index (χ1v) is 13.8. The predicted octanol–water partition coefficient (Wildman–Crippen LogP) is 6.02. The molecular weight excluding hydrogens is 575 g/mol. The topological polar surface area (TPSA) is 99.2 Å². The number of hydrogen-bond donors (Lipinski definition) is 2. The van der Waals surface area contributed by atoms with E-state index in [2.05, 4.69) is 26.2 Å². The molecule has 9 heteroatoms. The number of aromatic nitrogens is 2. The standard InChI is InChI=1S/C31H30BrFN4O3/c1-19-23(15-21(27(34)38)16-24(19)33)31(13-14-31)37-17-26(32)35-28(29(37)39)36-30(2,3)22-11-7-8-12-25(22)40-18-20-9-5-4-6-10-20/h4-12,15-17H,13-14,18H2,1-3H3,(H2,34,38)(H,35,36). The van der Waals surface area contributed by atoms with Gasteiger partial charge in [0.25, 0.3) is 5.56 Å². The van der Waals surface area contributed by atoms with Crippen LogP contribution in [-0.4, -0.2) is 15.5 Å². The maximum absolute atomic E-state index is 14.8. The van der Waals surface area contributed by atoms with E-state index < -0.39 is 22.8 Å². The lowest BCUT2D eigenvalue weighted by molar-refractivity contribution is 0.0999. The van der Waals surface area contributed by atoms with Crippen molar-refractivity contribution in [3.63, 3.8) is 0 Å². The van der Waals surface area contributed by atoms with Crippen molar-refractivity contribution in [3.8, 4) is 5.75 Å². The maximum atomic E-state index is 14.8. The molecule has 0 unspecified atom stereocenters. The van der Waals surface area contributed by atoms with Crippen LogP contribution in [-0.2, 0) is 17.7 Å². The summed E-state index contributed by atoms with van der Waals surface area (Å²) in [4.78, 5) is 30.2. The van der Waals surface area contributed by atoms with E-state index in [4.69, 9.17) is 10.5 Å². The summed E-state index contributed by atoms with van der Waals surface area (Å²) >= 11 is 3.46. The van der Waals surface area contributed by atoms with Gasteiger partial charge in [-0.3, -0.25) is 14.2 Å². The Labute approximate surface area is 240 Å². The molecule has 3 aromatic carbocycles. The average Bonchev–Trinajstić information content (AvgIpc) is 3.73. The number of carbonyl (C=O) groups is 1. The van der Waals surface area contributed by atoms with Crippen LogP contribution in [0.4, 0.5) is 10.2 Å². The number of benzene rings is 3. The lowest BCUT2D eigenvalue weighted by Gasteiger charge is -2.30. The van der Waals surface area contributed by atoms with Gasteiger partial charge in [-0.1, -0.05) is 48.5 Å². The number of primary amides is 1. The molecule has 1 fully saturated rings. The number of rotatable bonds is 9. The van der Waals surface area contributed by atoms with Crippen molar-refractivity contribution in [1.29, 1.82) is 0 Å². The van der Waals surface area contributed by atoms with Gasteiger partial charge in [0.05, 0.1) is 11.1 Å². The summed E-state index contributed by atoms with van der Waals surface area (Å²) in [6, 6.07) is 20.3. The van der Waals surface area contributed by atoms with Crippen LogP contribution in [0.15, 0.2) is 82.3 Å². The molecule has 1 heterocycles. The van der Waals surface area contributed by atoms with Crippen LogP contribution in [0.2, 0.25) is 0 Å². The second-order valence-electron chi connectivity index (χ2n) is 10.6. The summed E-state index contributed by atoms with van der Waals surface area (Å²) in [6.07, 6.45) is 2.81. The summed E-state index contributed by atoms with van der Waals surface area (Å²) in [5.41, 5.74) is 6.45. The fraction of sp³-hybridized carbons (Fsp3) is 0.258. The van der Waals surface area contributed by atoms with Crippen molar-refractivity contribution < 1.29 is 13.9 Å². The molecule has 1 aromatic heterocycles. The molecule has 40 heavy (non-hydrogen) atoms. The Balaban J connectivity index is 1.50. The number of halogens is 2. The number of nitrogens with zero attached hydrogens (tertiary/aromatic N) is 2. The Morgan fingerprint density at radius 2 is 1.82 bits per heavy atom. The zero-order valence-electron chi connectivity index (χ0n) is 22.5. The lowest BCUT2D eigenvalue weighted by atomic mass is 9.93. The maximum Gasteiger partial charge on any atom is 0.294 e. The largest absolute Gasteiger partial charge is 0.489 e. The van der Waals surface area contributed by atoms with Gasteiger partial charge in [-0.2, -0.15) is 0 Å². The SMILES string of the molecule is Cc1c(F)cc(C(N)=O)cc1C1(n2cc(Br)nc(NC(C)(C)c3ccccc3OCc3ccccc3)c2=O)CC1. The van der Waals surface area contributed by atoms with Crippen molar-refractivity contribution in [1.82, 2.24) is 9.55 Å². The summed E-state index contributed by atoms with van der Waals surface area (Å²) in [7, 11) is 0. The normalized spacial score (nSPS) is 14.0. The molecule has 3 N–H and O–H groups in total. The summed E-state index contributed by atoms with van der Waals surface area (Å²) in [6.45, 7) is 5.95. The molecule has 7 nitrogen and oxygen atoms in total. The van der Waals surface area contributed by atoms with Gasteiger partial charge in [0.1, 0.15) is 22.8 Å². The fourth-order valence-electron chi connectivity index (χ4n) is 5.13. The minimum atomic E-state index is -0.809. The Morgan fingerprint density at radius 1 is 1.15 bits per heavy atom. The highest BCUT2D eigenvalue weighted by Gasteiger charge is 2.49. The molecule has 1 aliphatic carbocycles. The zero-order valence-corrected chi connectivity index (χ0v) is 24.1. The highest BCUT2D eigenvalue weighted by molar-refractivity contribution is 9.10. The van der Waals surface area contributed by atoms with Crippen molar-refractivity contribution in [2.45, 2.75) is 51.3 Å². The third-order valence-electron chi connectivity index (χ3n) is 7.42. The highest BCUT2D eigenvalue weighted by atomic mass is 79.9. The zero-order chi connectivity index (χ0) is 28.7. The monoisotopic (exact) mass is 604 g/mol. The third-order valence-corrected chi connectivity index (χ3v) is 7.80. The number of carbonyl (C=O) groups excluding carboxylic acids is 1. The minimum Gasteiger partial charge on any atom is -0.489 e. The van der Waals surface area contributed by atoms with Crippen LogP contribution in [0.5, 0.6) is 5.75 Å². The fourth-order valence-corrected chi connectivity index (χ4v) is 5.51. The van der Waals surface area contributed by atoms with Gasteiger partial charge in [0.2, 0.25) is 5.91 Å². The molecule has 5 rings (SSSR count). The number of hydrogen-bond acceptors (Lipinski definition) is 5. The van der Waals surface area contributed by atoms with Gasteiger partial charge in [-0.05, 0) is 84.4 Å². The number of para-hydroxylation sites is 1. The average molecular weight is 606 g/mol. The molecular formula is C31H30BrFN4O3. The van der Waals surface area contributed by atoms with Crippen LogP contribution >= 0.6 is 15.9 Å². The van der Waals surface area contributed by atoms with E-state index >= 15 is 0 Å². The van der Waals surface area contributed by atoms with E-state index in [0.717, 1.165) is 17.2 Å². The predicted molar refractivity (Wildman–Crippen MR) is 156 cm³/mol. The van der Waals surface area contributed by atoms with Crippen molar-refractivity contribution >= 4 is 27.7 Å². The van der Waals surface area contributed by atoms with Gasteiger partial charge in [0.15, 0.2) is 5.82 Å². The molecule has 206 valence electrons. The quantitative estimate of drug-likeness (QED) is 0.243. The molecule has 4 aromatic rings. The molecule has 0 spiro atoms. The molecule has 1 amide bonds. The van der Waals surface area contributed by atoms with Gasteiger partial charge in [-0.25, -0.2) is 9.37 Å². The molecule has 0 aliphatic heterocycles. The summed E-state index contributed by atoms with van der Waals surface area (Å²) in [5, 5.41) is 3.33. The van der Waals surface area contributed by atoms with E-state index in [0.29, 0.717) is 40.9 Å². The number of nitrogens with two attached hydrogens (primary N) is 1. The van der Waals surface area contributed by atoms with Crippen LogP contribution in [0.25, 0.3) is 0 Å². The lowest BCUT2D eigenvalue weighted by Crippen LogP contribution is -2.38. The number of ether oxygens (including phenoxy) is 1. The smallest absolute Gasteiger partial charge is 0.294 e.